The molecule has 0 saturated carbocycles. The number of ether oxygens (including phenoxy) is 1. The summed E-state index contributed by atoms with van der Waals surface area (Å²) < 4.78 is 4.42. The highest BCUT2D eigenvalue weighted by Crippen LogP contribution is 2.44. The predicted molar refractivity (Wildman–Crippen MR) is 82.7 cm³/mol. The Morgan fingerprint density at radius 3 is 2.89 bits per heavy atom. The number of thiocyanates is 1. The minimum atomic E-state index is -0.783. The van der Waals surface area contributed by atoms with E-state index in [0.717, 1.165) is 17.3 Å². The van der Waals surface area contributed by atoms with Crippen molar-refractivity contribution in [1.29, 1.82) is 5.26 Å². The normalized spacial score (nSPS) is 25.2. The molecule has 0 fully saturated rings. The average molecular weight is 398 g/mol. The zero-order chi connectivity index (χ0) is 13.9. The molecule has 1 rings (SSSR count). The fraction of sp³-hybridized carbons (Fsp3) is 0.500. The van der Waals surface area contributed by atoms with Crippen LogP contribution in [-0.4, -0.2) is 21.6 Å². The Balaban J connectivity index is 3.05. The summed E-state index contributed by atoms with van der Waals surface area (Å²) in [6.07, 6.45) is 2.20. The third-order valence-corrected chi connectivity index (χ3v) is 5.69. The van der Waals surface area contributed by atoms with Crippen LogP contribution in [0.4, 0.5) is 0 Å². The number of alkyl halides is 1. The van der Waals surface area contributed by atoms with Gasteiger partial charge in [-0.15, -0.1) is 0 Å². The number of ketones is 1. The Bertz CT molecular complexity index is 469. The topological polar surface area (TPSA) is 50.1 Å². The van der Waals surface area contributed by atoms with E-state index in [2.05, 4.69) is 22.6 Å². The van der Waals surface area contributed by atoms with Gasteiger partial charge < -0.3 is 4.74 Å². The summed E-state index contributed by atoms with van der Waals surface area (Å²) in [5, 5.41) is 10.7. The maximum Gasteiger partial charge on any atom is 0.168 e. The average Bonchev–Trinajstić information content (AvgIpc) is 2.33. The van der Waals surface area contributed by atoms with Crippen LogP contribution in [0.3, 0.4) is 0 Å². The van der Waals surface area contributed by atoms with Gasteiger partial charge in [0.05, 0.1) is 12.4 Å². The molecule has 0 bridgehead atoms. The van der Waals surface area contributed by atoms with E-state index < -0.39 is 8.67 Å². The number of rotatable bonds is 4. The minimum absolute atomic E-state index is 0.0367. The maximum absolute atomic E-state index is 12.4. The van der Waals surface area contributed by atoms with Gasteiger partial charge >= 0.3 is 0 Å². The van der Waals surface area contributed by atoms with Gasteiger partial charge in [0.2, 0.25) is 0 Å². The number of nitriles is 1. The molecule has 0 saturated heterocycles. The first-order valence-corrected chi connectivity index (χ1v) is 7.59. The smallest absolute Gasteiger partial charge is 0.168 e. The van der Waals surface area contributed by atoms with Crippen molar-refractivity contribution >= 4 is 51.7 Å². The summed E-state index contributed by atoms with van der Waals surface area (Å²) in [5.41, 5.74) is 0.985. The lowest BCUT2D eigenvalue weighted by atomic mass is 9.89. The number of methoxy groups -OCH3 is 1. The first-order valence-electron chi connectivity index (χ1n) is 5.26. The highest BCUT2D eigenvalue weighted by Gasteiger charge is 2.43. The number of Topliss-reactive ketones (excluding diaryl/α,β-unsaturated/α-hetero) is 1. The Kier molecular flexibility index (Phi) is 5.56. The first-order chi connectivity index (χ1) is 8.36. The van der Waals surface area contributed by atoms with Gasteiger partial charge in [-0.25, -0.2) is 0 Å². The molecule has 0 N–H and O–H groups in total. The van der Waals surface area contributed by atoms with Crippen LogP contribution in [0, 0.1) is 10.7 Å². The fourth-order valence-corrected chi connectivity index (χ4v) is 3.91. The molecular formula is C12H13ClINO2S. The van der Waals surface area contributed by atoms with Crippen LogP contribution in [0.2, 0.25) is 0 Å². The Labute approximate surface area is 130 Å². The summed E-state index contributed by atoms with van der Waals surface area (Å²) in [6.45, 7) is 3.65. The molecule has 2 unspecified atom stereocenters. The van der Waals surface area contributed by atoms with Crippen LogP contribution in [-0.2, 0) is 9.53 Å². The number of allylic oxidation sites excluding steroid dienone is 3. The molecule has 1 aliphatic rings. The number of halogens is 2. The van der Waals surface area contributed by atoms with Gasteiger partial charge in [-0.3, -0.25) is 4.79 Å². The first kappa shape index (κ1) is 15.9. The monoisotopic (exact) mass is 397 g/mol. The van der Waals surface area contributed by atoms with E-state index in [1.54, 1.807) is 20.1 Å². The van der Waals surface area contributed by atoms with Gasteiger partial charge in [0.1, 0.15) is 14.6 Å². The summed E-state index contributed by atoms with van der Waals surface area (Å²) in [4.78, 5) is 12.4. The lowest BCUT2D eigenvalue weighted by Gasteiger charge is -2.31. The van der Waals surface area contributed by atoms with Crippen molar-refractivity contribution in [3.05, 3.63) is 22.4 Å². The summed E-state index contributed by atoms with van der Waals surface area (Å²) in [7, 11) is 1.58. The molecule has 0 radical (unpaired) electrons. The second-order valence-electron chi connectivity index (χ2n) is 4.03. The summed E-state index contributed by atoms with van der Waals surface area (Å²) in [6, 6.07) is 0. The standard InChI is InChI=1S/C12H13ClINO2S/c1-7-5-12(14,10(13)4-9(7)17-3)11(16)8(2)18-6-15/h4,8H,5H2,1-3H3. The Morgan fingerprint density at radius 2 is 2.39 bits per heavy atom. The number of thioether (sulfide) groups is 1. The van der Waals surface area contributed by atoms with Crippen molar-refractivity contribution < 1.29 is 9.53 Å². The van der Waals surface area contributed by atoms with E-state index in [1.807, 2.05) is 12.3 Å². The van der Waals surface area contributed by atoms with E-state index in [0.29, 0.717) is 17.2 Å². The number of carbonyl (C=O) groups excluding carboxylic acids is 1. The van der Waals surface area contributed by atoms with Gasteiger partial charge in [0.15, 0.2) is 5.78 Å². The zero-order valence-electron chi connectivity index (χ0n) is 10.3. The molecule has 0 aromatic rings. The van der Waals surface area contributed by atoms with Crippen molar-refractivity contribution in [1.82, 2.24) is 0 Å². The highest BCUT2D eigenvalue weighted by molar-refractivity contribution is 14.1. The van der Waals surface area contributed by atoms with Crippen LogP contribution in [0.1, 0.15) is 20.3 Å². The fourth-order valence-electron chi connectivity index (χ4n) is 1.78. The van der Waals surface area contributed by atoms with Crippen molar-refractivity contribution in [3.8, 4) is 5.40 Å². The maximum atomic E-state index is 12.4. The van der Waals surface area contributed by atoms with Crippen molar-refractivity contribution in [2.45, 2.75) is 28.9 Å². The van der Waals surface area contributed by atoms with E-state index >= 15 is 0 Å². The molecule has 0 spiro atoms. The van der Waals surface area contributed by atoms with Gasteiger partial charge in [-0.1, -0.05) is 34.2 Å². The SMILES string of the molecule is COC1=C(C)CC(I)(C(=O)C(C)SC#N)C(Cl)=C1. The van der Waals surface area contributed by atoms with Crippen molar-refractivity contribution in [2.24, 2.45) is 0 Å². The Hall–Kier alpha value is -0.190. The third-order valence-electron chi connectivity index (χ3n) is 2.77. The second-order valence-corrected chi connectivity index (χ2v) is 7.41. The third kappa shape index (κ3) is 3.03. The van der Waals surface area contributed by atoms with E-state index in [9.17, 15) is 4.79 Å². The lowest BCUT2D eigenvalue weighted by Crippen LogP contribution is -2.39. The largest absolute Gasteiger partial charge is 0.497 e. The Morgan fingerprint density at radius 1 is 1.78 bits per heavy atom. The van der Waals surface area contributed by atoms with Crippen molar-refractivity contribution in [2.75, 3.05) is 7.11 Å². The molecule has 6 heteroatoms. The summed E-state index contributed by atoms with van der Waals surface area (Å²) in [5.74, 6) is 0.672. The highest BCUT2D eigenvalue weighted by atomic mass is 127. The van der Waals surface area contributed by atoms with Crippen molar-refractivity contribution in [3.63, 3.8) is 0 Å². The molecule has 2 atom stereocenters. The van der Waals surface area contributed by atoms with Gasteiger partial charge in [-0.2, -0.15) is 5.26 Å². The van der Waals surface area contributed by atoms with Crippen LogP contribution in [0.15, 0.2) is 22.4 Å². The van der Waals surface area contributed by atoms with Gasteiger partial charge in [0.25, 0.3) is 0 Å². The quantitative estimate of drug-likeness (QED) is 0.411. The number of hydrogen-bond donors (Lipinski definition) is 0. The molecular weight excluding hydrogens is 385 g/mol. The van der Waals surface area contributed by atoms with Gasteiger partial charge in [0, 0.05) is 5.03 Å². The molecule has 1 aliphatic carbocycles. The molecule has 0 aliphatic heterocycles. The van der Waals surface area contributed by atoms with E-state index in [-0.39, 0.29) is 5.78 Å². The molecule has 98 valence electrons. The molecule has 0 amide bonds. The van der Waals surface area contributed by atoms with E-state index in [4.69, 9.17) is 21.6 Å². The van der Waals surface area contributed by atoms with Crippen LogP contribution in [0.5, 0.6) is 0 Å². The van der Waals surface area contributed by atoms with E-state index in [1.165, 1.54) is 0 Å². The predicted octanol–water partition coefficient (Wildman–Crippen LogP) is 3.78. The molecule has 0 heterocycles. The number of carbonyl (C=O) groups is 1. The van der Waals surface area contributed by atoms with Gasteiger partial charge in [-0.05, 0) is 43.7 Å². The number of hydrogen-bond acceptors (Lipinski definition) is 4. The van der Waals surface area contributed by atoms with Crippen LogP contribution < -0.4 is 0 Å². The molecule has 0 aromatic carbocycles. The second kappa shape index (κ2) is 6.31. The molecule has 0 aromatic heterocycles. The van der Waals surface area contributed by atoms with Crippen LogP contribution in [0.25, 0.3) is 0 Å². The summed E-state index contributed by atoms with van der Waals surface area (Å²) >= 11 is 9.26. The number of nitrogens with zero attached hydrogens (tertiary/aromatic N) is 1. The lowest BCUT2D eigenvalue weighted by molar-refractivity contribution is -0.119. The zero-order valence-corrected chi connectivity index (χ0v) is 14.0. The molecule has 18 heavy (non-hydrogen) atoms. The molecule has 3 nitrogen and oxygen atoms in total. The van der Waals surface area contributed by atoms with Crippen LogP contribution >= 0.6 is 46.0 Å². The minimum Gasteiger partial charge on any atom is -0.497 e.